The van der Waals surface area contributed by atoms with Gasteiger partial charge in [-0.25, -0.2) is 4.98 Å². The summed E-state index contributed by atoms with van der Waals surface area (Å²) < 4.78 is 0. The number of thiazole rings is 1. The zero-order chi connectivity index (χ0) is 16.6. The number of Topliss-reactive ketones (excluding diaryl/α,β-unsaturated/α-hetero) is 1. The third-order valence-corrected chi connectivity index (χ3v) is 5.44. The molecule has 0 bridgehead atoms. The van der Waals surface area contributed by atoms with E-state index in [9.17, 15) is 4.79 Å². The Hall–Kier alpha value is -1.48. The lowest BCUT2D eigenvalue weighted by atomic mass is 9.91. The minimum absolute atomic E-state index is 0.0266. The maximum absolute atomic E-state index is 12.9. The molecule has 1 aliphatic carbocycles. The summed E-state index contributed by atoms with van der Waals surface area (Å²) in [5, 5.41) is 3.05. The molecule has 1 fully saturated rings. The van der Waals surface area contributed by atoms with Crippen LogP contribution in [0.4, 0.5) is 0 Å². The van der Waals surface area contributed by atoms with Crippen LogP contribution >= 0.6 is 11.3 Å². The number of aromatic nitrogens is 1. The van der Waals surface area contributed by atoms with Crippen molar-refractivity contribution < 1.29 is 4.79 Å². The lowest BCUT2D eigenvalue weighted by Gasteiger charge is -2.15. The highest BCUT2D eigenvalue weighted by molar-refractivity contribution is 7.13. The van der Waals surface area contributed by atoms with Crippen LogP contribution in [0.15, 0.2) is 17.5 Å². The maximum Gasteiger partial charge on any atom is 0.167 e. The van der Waals surface area contributed by atoms with Crippen LogP contribution in [-0.4, -0.2) is 10.8 Å². The highest BCUT2D eigenvalue weighted by Gasteiger charge is 2.27. The van der Waals surface area contributed by atoms with Crippen molar-refractivity contribution in [3.05, 3.63) is 40.4 Å². The molecular formula is C20H24NOS. The molecule has 0 unspecified atom stereocenters. The van der Waals surface area contributed by atoms with Crippen LogP contribution < -0.4 is 0 Å². The largest absolute Gasteiger partial charge is 0.294 e. The van der Waals surface area contributed by atoms with E-state index in [0.717, 1.165) is 40.2 Å². The molecular weight excluding hydrogens is 302 g/mol. The first-order valence-electron chi connectivity index (χ1n) is 8.40. The monoisotopic (exact) mass is 326 g/mol. The van der Waals surface area contributed by atoms with Crippen LogP contribution in [0.2, 0.25) is 0 Å². The van der Waals surface area contributed by atoms with Crippen molar-refractivity contribution in [1.29, 1.82) is 0 Å². The summed E-state index contributed by atoms with van der Waals surface area (Å²) >= 11 is 1.63. The molecule has 1 heterocycles. The van der Waals surface area contributed by atoms with Crippen molar-refractivity contribution in [2.45, 2.75) is 58.8 Å². The fourth-order valence-corrected chi connectivity index (χ4v) is 4.18. The van der Waals surface area contributed by atoms with Crippen molar-refractivity contribution in [2.24, 2.45) is 5.92 Å². The molecule has 0 amide bonds. The summed E-state index contributed by atoms with van der Waals surface area (Å²) in [4.78, 5) is 17.7. The molecule has 2 nitrogen and oxygen atoms in total. The minimum atomic E-state index is 0.0266. The van der Waals surface area contributed by atoms with Gasteiger partial charge in [0.15, 0.2) is 5.78 Å². The van der Waals surface area contributed by atoms with Crippen molar-refractivity contribution >= 4 is 17.1 Å². The molecule has 3 heteroatoms. The zero-order valence-electron chi connectivity index (χ0n) is 14.4. The lowest BCUT2D eigenvalue weighted by molar-refractivity contribution is 0.0923. The Bertz CT molecular complexity index is 717. The van der Waals surface area contributed by atoms with Crippen LogP contribution in [0, 0.1) is 18.9 Å². The highest BCUT2D eigenvalue weighted by Crippen LogP contribution is 2.35. The quantitative estimate of drug-likeness (QED) is 0.688. The smallest absolute Gasteiger partial charge is 0.167 e. The fourth-order valence-electron chi connectivity index (χ4n) is 3.10. The van der Waals surface area contributed by atoms with Crippen LogP contribution in [-0.2, 0) is 5.41 Å². The first-order valence-corrected chi connectivity index (χ1v) is 9.28. The van der Waals surface area contributed by atoms with Crippen molar-refractivity contribution in [3.63, 3.8) is 0 Å². The summed E-state index contributed by atoms with van der Waals surface area (Å²) in [6.45, 7) is 8.49. The fraction of sp³-hybridized carbons (Fsp3) is 0.500. The number of rotatable bonds is 3. The number of benzene rings is 1. The molecule has 2 aromatic rings. The Morgan fingerprint density at radius 2 is 1.96 bits per heavy atom. The molecule has 0 N–H and O–H groups in total. The molecule has 1 saturated carbocycles. The van der Waals surface area contributed by atoms with Crippen LogP contribution in [0.1, 0.15) is 68.1 Å². The van der Waals surface area contributed by atoms with Gasteiger partial charge in [-0.2, -0.15) is 0 Å². The summed E-state index contributed by atoms with van der Waals surface area (Å²) in [6.07, 6.45) is 4.38. The standard InChI is InChI=1S/C20H24NOS/c1-13-9-10-15(19-21-17(12-23-19)20(2,3)4)16(11-13)18(22)14-7-5-6-8-14/h9-10,12,14H,5-8H2,1-4H3. The van der Waals surface area contributed by atoms with E-state index >= 15 is 0 Å². The normalized spacial score (nSPS) is 16.0. The van der Waals surface area contributed by atoms with Gasteiger partial charge in [0.2, 0.25) is 0 Å². The molecule has 0 spiro atoms. The number of nitrogens with zero attached hydrogens (tertiary/aromatic N) is 1. The highest BCUT2D eigenvalue weighted by atomic mass is 32.1. The average molecular weight is 326 g/mol. The van der Waals surface area contributed by atoms with Gasteiger partial charge < -0.3 is 0 Å². The predicted octanol–water partition coefficient (Wildman–Crippen LogP) is 5.59. The number of hydrogen-bond acceptors (Lipinski definition) is 3. The number of hydrogen-bond donors (Lipinski definition) is 0. The van der Waals surface area contributed by atoms with E-state index in [1.165, 1.54) is 12.8 Å². The second-order valence-corrected chi connectivity index (χ2v) is 8.42. The van der Waals surface area contributed by atoms with Gasteiger partial charge >= 0.3 is 0 Å². The Kier molecular flexibility index (Phi) is 4.41. The number of carbonyl (C=O) groups is 1. The summed E-state index contributed by atoms with van der Waals surface area (Å²) in [6, 6.07) is 7.38. The molecule has 0 atom stereocenters. The molecule has 121 valence electrons. The van der Waals surface area contributed by atoms with E-state index < -0.39 is 0 Å². The summed E-state index contributed by atoms with van der Waals surface area (Å²) in [5.74, 6) is 0.433. The Morgan fingerprint density at radius 3 is 2.57 bits per heavy atom. The molecule has 1 aromatic heterocycles. The van der Waals surface area contributed by atoms with Gasteiger partial charge in [-0.05, 0) is 31.4 Å². The van der Waals surface area contributed by atoms with Crippen molar-refractivity contribution in [2.75, 3.05) is 0 Å². The molecule has 1 radical (unpaired) electrons. The second kappa shape index (κ2) is 6.20. The first-order chi connectivity index (χ1) is 10.9. The average Bonchev–Trinajstić information content (AvgIpc) is 3.17. The van der Waals surface area contributed by atoms with E-state index in [1.54, 1.807) is 11.3 Å². The van der Waals surface area contributed by atoms with E-state index in [1.807, 2.05) is 19.1 Å². The maximum atomic E-state index is 12.9. The van der Waals surface area contributed by atoms with Crippen LogP contribution in [0.3, 0.4) is 0 Å². The molecule has 3 rings (SSSR count). The summed E-state index contributed by atoms with van der Waals surface area (Å²) in [5.41, 5.74) is 3.82. The van der Waals surface area contributed by atoms with Gasteiger partial charge in [-0.1, -0.05) is 45.7 Å². The Labute approximate surface area is 143 Å². The second-order valence-electron chi connectivity index (χ2n) is 7.56. The molecule has 23 heavy (non-hydrogen) atoms. The van der Waals surface area contributed by atoms with E-state index in [-0.39, 0.29) is 17.1 Å². The van der Waals surface area contributed by atoms with Gasteiger partial charge in [0.25, 0.3) is 0 Å². The predicted molar refractivity (Wildman–Crippen MR) is 96.1 cm³/mol. The molecule has 1 aliphatic rings. The number of ketones is 1. The van der Waals surface area contributed by atoms with Gasteiger partial charge in [0, 0.05) is 27.8 Å². The van der Waals surface area contributed by atoms with Crippen LogP contribution in [0.25, 0.3) is 10.6 Å². The minimum Gasteiger partial charge on any atom is -0.294 e. The van der Waals surface area contributed by atoms with Gasteiger partial charge in [0.05, 0.1) is 5.69 Å². The Balaban J connectivity index is 2.02. The number of carbonyl (C=O) groups excluding carboxylic acids is 1. The number of aryl methyl sites for hydroxylation is 1. The lowest BCUT2D eigenvalue weighted by Crippen LogP contribution is -2.13. The van der Waals surface area contributed by atoms with Gasteiger partial charge in [-0.15, -0.1) is 11.3 Å². The summed E-state index contributed by atoms with van der Waals surface area (Å²) in [7, 11) is 0. The van der Waals surface area contributed by atoms with E-state index in [4.69, 9.17) is 4.98 Å². The molecule has 0 aliphatic heterocycles. The van der Waals surface area contributed by atoms with Crippen LogP contribution in [0.5, 0.6) is 0 Å². The third kappa shape index (κ3) is 3.40. The van der Waals surface area contributed by atoms with E-state index in [0.29, 0.717) is 0 Å². The topological polar surface area (TPSA) is 30.0 Å². The van der Waals surface area contributed by atoms with Gasteiger partial charge in [0.1, 0.15) is 5.01 Å². The first kappa shape index (κ1) is 16.4. The van der Waals surface area contributed by atoms with Crippen molar-refractivity contribution in [3.8, 4) is 10.6 Å². The SMILES string of the molecule is Cc1[c]c(C(=O)C2CCCC2)c(-c2nc(C(C)(C)C)cs2)cc1. The third-order valence-electron chi connectivity index (χ3n) is 4.57. The van der Waals surface area contributed by atoms with E-state index in [2.05, 4.69) is 32.2 Å². The van der Waals surface area contributed by atoms with Crippen molar-refractivity contribution in [1.82, 2.24) is 4.98 Å². The molecule has 1 aromatic carbocycles. The van der Waals surface area contributed by atoms with Gasteiger partial charge in [-0.3, -0.25) is 4.79 Å². The Morgan fingerprint density at radius 1 is 1.26 bits per heavy atom. The zero-order valence-corrected chi connectivity index (χ0v) is 15.2. The molecule has 0 saturated heterocycles.